The molecule has 0 saturated heterocycles. The Morgan fingerprint density at radius 2 is 1.52 bits per heavy atom. The molecule has 1 aromatic heterocycles. The highest BCUT2D eigenvalue weighted by Gasteiger charge is 2.54. The van der Waals surface area contributed by atoms with Gasteiger partial charge < -0.3 is 24.9 Å². The highest BCUT2D eigenvalue weighted by Crippen LogP contribution is 2.70. The van der Waals surface area contributed by atoms with Gasteiger partial charge in [0.1, 0.15) is 0 Å². The molecule has 6 N–H and O–H groups in total. The second kappa shape index (κ2) is 12.3. The molecule has 0 aliphatic carbocycles. The first kappa shape index (κ1) is 26.1. The van der Waals surface area contributed by atoms with Crippen molar-refractivity contribution in [1.82, 2.24) is 20.7 Å². The van der Waals surface area contributed by atoms with Crippen molar-refractivity contribution in [1.29, 1.82) is 0 Å². The van der Waals surface area contributed by atoms with Crippen LogP contribution in [0.2, 0.25) is 0 Å². The molecule has 0 spiro atoms. The number of carbonyl (C=O) groups excluding carboxylic acids is 1. The van der Waals surface area contributed by atoms with Crippen LogP contribution in [0.4, 0.5) is 0 Å². The van der Waals surface area contributed by atoms with Crippen LogP contribution in [0.5, 0.6) is 0 Å². The van der Waals surface area contributed by atoms with Crippen molar-refractivity contribution >= 4 is 21.1 Å². The van der Waals surface area contributed by atoms with E-state index in [-0.39, 0.29) is 12.3 Å². The van der Waals surface area contributed by atoms with Crippen LogP contribution in [0.3, 0.4) is 0 Å². The zero-order valence-electron chi connectivity index (χ0n) is 14.8. The number of hydrogen-bond donors (Lipinski definition) is 6. The third kappa shape index (κ3) is 10.5. The lowest BCUT2D eigenvalue weighted by molar-refractivity contribution is -0.120. The van der Waals surface area contributed by atoms with Gasteiger partial charge in [-0.05, 0) is 19.8 Å². The van der Waals surface area contributed by atoms with E-state index in [9.17, 15) is 13.9 Å². The highest BCUT2D eigenvalue weighted by atomic mass is 31.2. The Morgan fingerprint density at radius 3 is 1.68 bits per heavy atom. The summed E-state index contributed by atoms with van der Waals surface area (Å²) < 4.78 is 21.5. The molecule has 0 radical (unpaired) electrons. The Bertz CT molecular complexity index is 517. The van der Waals surface area contributed by atoms with Crippen LogP contribution < -0.4 is 5.32 Å². The minimum Gasteiger partial charge on any atom is -0.356 e. The molecule has 1 rings (SSSR count). The zero-order valence-corrected chi connectivity index (χ0v) is 16.6. The van der Waals surface area contributed by atoms with Gasteiger partial charge in [0.15, 0.2) is 4.90 Å². The Labute approximate surface area is 146 Å². The minimum absolute atomic E-state index is 0.145. The molecule has 0 aliphatic rings. The summed E-state index contributed by atoms with van der Waals surface area (Å²) in [4.78, 5) is 43.0. The van der Waals surface area contributed by atoms with E-state index in [0.717, 1.165) is 19.9 Å². The third-order valence-corrected chi connectivity index (χ3v) is 7.86. The first-order valence-electron chi connectivity index (χ1n) is 7.55. The van der Waals surface area contributed by atoms with Crippen LogP contribution in [0.15, 0.2) is 12.4 Å². The summed E-state index contributed by atoms with van der Waals surface area (Å²) in [5.41, 5.74) is 0. The number of H-pyrrole nitrogens is 1. The molecule has 0 aliphatic heterocycles. The largest absolute Gasteiger partial charge is 0.356 e. The maximum absolute atomic E-state index is 10.7. The van der Waals surface area contributed by atoms with Crippen molar-refractivity contribution in [2.24, 2.45) is 0 Å². The SMILES string of the molecule is CCC(C)(P(=O)(O)O)P(=O)(O)O.CCCNC(=O)CC.c1cn[nH]n1. The molecule has 13 heteroatoms. The third-order valence-electron chi connectivity index (χ3n) is 3.15. The minimum atomic E-state index is -4.77. The molecule has 0 saturated carbocycles. The van der Waals surface area contributed by atoms with Crippen LogP contribution in [0.25, 0.3) is 0 Å². The molecule has 0 fully saturated rings. The van der Waals surface area contributed by atoms with E-state index in [2.05, 4.69) is 20.7 Å². The van der Waals surface area contributed by atoms with Crippen LogP contribution in [-0.2, 0) is 13.9 Å². The number of carbonyl (C=O) groups is 1. The number of nitrogens with one attached hydrogen (secondary N) is 2. The van der Waals surface area contributed by atoms with Gasteiger partial charge in [0.25, 0.3) is 0 Å². The standard InChI is InChI=1S/C6H13NO.C4H12O6P2.C2H3N3/c1-3-5-7-6(8)4-2;1-3-4(2,11(5,6)7)12(8,9)10;1-2-4-5-3-1/h3-5H2,1-2H3,(H,7,8);3H2,1-2H3,(H2,5,6,7)(H2,8,9,10);1-2H,(H,3,4,5). The molecular weight excluding hydrogens is 374 g/mol. The molecule has 25 heavy (non-hydrogen) atoms. The van der Waals surface area contributed by atoms with Crippen LogP contribution in [0, 0.1) is 0 Å². The van der Waals surface area contributed by atoms with Gasteiger partial charge in [0.2, 0.25) is 5.91 Å². The van der Waals surface area contributed by atoms with Gasteiger partial charge in [-0.15, -0.1) is 0 Å². The highest BCUT2D eigenvalue weighted by molar-refractivity contribution is 7.72. The average molecular weight is 402 g/mol. The van der Waals surface area contributed by atoms with Crippen molar-refractivity contribution in [3.05, 3.63) is 12.4 Å². The molecule has 0 unspecified atom stereocenters. The molecule has 1 amide bonds. The Hall–Kier alpha value is -1.09. The molecule has 1 aromatic rings. The molecule has 0 aromatic carbocycles. The van der Waals surface area contributed by atoms with Crippen molar-refractivity contribution < 1.29 is 33.5 Å². The van der Waals surface area contributed by atoms with Gasteiger partial charge in [-0.3, -0.25) is 13.9 Å². The summed E-state index contributed by atoms with van der Waals surface area (Å²) in [7, 11) is -9.54. The van der Waals surface area contributed by atoms with Gasteiger partial charge in [0.05, 0.1) is 12.4 Å². The summed E-state index contributed by atoms with van der Waals surface area (Å²) in [6.45, 7) is 6.90. The van der Waals surface area contributed by atoms with E-state index in [0.29, 0.717) is 6.42 Å². The van der Waals surface area contributed by atoms with E-state index in [1.807, 2.05) is 13.8 Å². The number of amides is 1. The van der Waals surface area contributed by atoms with Crippen molar-refractivity contribution in [2.45, 2.75) is 51.9 Å². The first-order chi connectivity index (χ1) is 11.4. The van der Waals surface area contributed by atoms with E-state index >= 15 is 0 Å². The van der Waals surface area contributed by atoms with Gasteiger partial charge in [-0.25, -0.2) is 0 Å². The number of hydrogen-bond acceptors (Lipinski definition) is 5. The van der Waals surface area contributed by atoms with E-state index in [4.69, 9.17) is 19.6 Å². The summed E-state index contributed by atoms with van der Waals surface area (Å²) in [6.07, 6.45) is 4.51. The van der Waals surface area contributed by atoms with Gasteiger partial charge in [-0.2, -0.15) is 15.4 Å². The number of aromatic amines is 1. The van der Waals surface area contributed by atoms with Crippen molar-refractivity contribution in [3.63, 3.8) is 0 Å². The van der Waals surface area contributed by atoms with E-state index in [1.165, 1.54) is 6.92 Å². The van der Waals surface area contributed by atoms with Crippen LogP contribution in [0.1, 0.15) is 47.0 Å². The molecule has 148 valence electrons. The number of aromatic nitrogens is 3. The molecular formula is C12H28N4O7P2. The lowest BCUT2D eigenvalue weighted by atomic mass is 10.4. The fourth-order valence-corrected chi connectivity index (χ4v) is 3.32. The normalized spacial score (nSPS) is 11.5. The number of rotatable bonds is 6. The monoisotopic (exact) mass is 402 g/mol. The Morgan fingerprint density at radius 1 is 1.08 bits per heavy atom. The number of nitrogens with zero attached hydrogens (tertiary/aromatic N) is 2. The molecule has 1 heterocycles. The quantitative estimate of drug-likeness (QED) is 0.380. The lowest BCUT2D eigenvalue weighted by Gasteiger charge is -2.29. The molecule has 0 atom stereocenters. The second-order valence-electron chi connectivity index (χ2n) is 5.02. The Kier molecular flexibility index (Phi) is 12.9. The van der Waals surface area contributed by atoms with E-state index in [1.54, 1.807) is 12.4 Å². The maximum atomic E-state index is 10.7. The van der Waals surface area contributed by atoms with Crippen LogP contribution in [-0.4, -0.2) is 52.3 Å². The summed E-state index contributed by atoms with van der Waals surface area (Å²) in [5.74, 6) is 0.145. The topological polar surface area (TPSA) is 186 Å². The lowest BCUT2D eigenvalue weighted by Crippen LogP contribution is -2.23. The van der Waals surface area contributed by atoms with Gasteiger partial charge >= 0.3 is 15.2 Å². The molecule has 11 nitrogen and oxygen atoms in total. The maximum Gasteiger partial charge on any atom is 0.343 e. The Balaban J connectivity index is 0. The first-order valence-corrected chi connectivity index (χ1v) is 10.8. The predicted molar refractivity (Wildman–Crippen MR) is 92.8 cm³/mol. The average Bonchev–Trinajstić information content (AvgIpc) is 3.09. The second-order valence-corrected chi connectivity index (χ2v) is 9.52. The summed E-state index contributed by atoms with van der Waals surface area (Å²) in [6, 6.07) is 0. The van der Waals surface area contributed by atoms with Gasteiger partial charge in [0, 0.05) is 13.0 Å². The fraction of sp³-hybridized carbons (Fsp3) is 0.750. The van der Waals surface area contributed by atoms with Crippen molar-refractivity contribution in [3.8, 4) is 0 Å². The molecule has 0 bridgehead atoms. The van der Waals surface area contributed by atoms with Crippen LogP contribution >= 0.6 is 15.2 Å². The predicted octanol–water partition coefficient (Wildman–Crippen LogP) is 1.20. The van der Waals surface area contributed by atoms with Gasteiger partial charge in [-0.1, -0.05) is 20.8 Å². The van der Waals surface area contributed by atoms with E-state index < -0.39 is 20.1 Å². The smallest absolute Gasteiger partial charge is 0.343 e. The summed E-state index contributed by atoms with van der Waals surface area (Å²) >= 11 is 0. The zero-order chi connectivity index (χ0) is 20.1. The summed E-state index contributed by atoms with van der Waals surface area (Å²) in [5, 5.41) is 12.1. The fourth-order valence-electron chi connectivity index (χ4n) is 1.14. The van der Waals surface area contributed by atoms with Crippen molar-refractivity contribution in [2.75, 3.05) is 6.54 Å².